The molecule has 0 saturated carbocycles. The Bertz CT molecular complexity index is 1220. The second kappa shape index (κ2) is 10.7. The first-order valence-corrected chi connectivity index (χ1v) is 11.8. The third-order valence-corrected chi connectivity index (χ3v) is 6.29. The Hall–Kier alpha value is -3.08. The minimum atomic E-state index is 0.701. The van der Waals surface area contributed by atoms with Gasteiger partial charge < -0.3 is 14.8 Å². The lowest BCUT2D eigenvalue weighted by atomic mass is 10.1. The van der Waals surface area contributed by atoms with Crippen LogP contribution < -0.4 is 5.32 Å². The van der Waals surface area contributed by atoms with Gasteiger partial charge in [0, 0.05) is 35.7 Å². The minimum Gasteiger partial charge on any atom is -0.345 e. The molecule has 0 unspecified atom stereocenters. The summed E-state index contributed by atoms with van der Waals surface area (Å²) in [5.74, 6) is 0. The van der Waals surface area contributed by atoms with E-state index in [2.05, 4.69) is 102 Å². The molecule has 0 atom stereocenters. The fourth-order valence-corrected chi connectivity index (χ4v) is 4.16. The number of nitrogens with one attached hydrogen (secondary N) is 1. The summed E-state index contributed by atoms with van der Waals surface area (Å²) in [7, 11) is 0. The maximum Gasteiger partial charge on any atom is 0.174 e. The minimum absolute atomic E-state index is 0.701. The van der Waals surface area contributed by atoms with Crippen LogP contribution >= 0.6 is 23.8 Å². The monoisotopic (exact) mass is 473 g/mol. The first-order valence-electron chi connectivity index (χ1n) is 11.0. The Morgan fingerprint density at radius 1 is 0.879 bits per heavy atom. The zero-order valence-corrected chi connectivity index (χ0v) is 20.5. The van der Waals surface area contributed by atoms with Gasteiger partial charge in [-0.2, -0.15) is 0 Å². The van der Waals surface area contributed by atoms with Gasteiger partial charge in [-0.15, -0.1) is 0 Å². The smallest absolute Gasteiger partial charge is 0.174 e. The number of aromatic nitrogens is 1. The molecule has 0 aliphatic carbocycles. The van der Waals surface area contributed by atoms with Crippen LogP contribution in [0.2, 0.25) is 5.02 Å². The molecule has 1 N–H and O–H groups in total. The van der Waals surface area contributed by atoms with Crippen molar-refractivity contribution in [3.63, 3.8) is 0 Å². The summed E-state index contributed by atoms with van der Waals surface area (Å²) in [6.07, 6.45) is 2.12. The van der Waals surface area contributed by atoms with Crippen molar-refractivity contribution in [1.82, 2.24) is 9.47 Å². The van der Waals surface area contributed by atoms with Gasteiger partial charge in [0.25, 0.3) is 0 Å². The Kier molecular flexibility index (Phi) is 7.48. The molecule has 4 aromatic rings. The molecule has 5 heteroatoms. The number of nitrogens with zero attached hydrogens (tertiary/aromatic N) is 2. The molecule has 168 valence electrons. The topological polar surface area (TPSA) is 20.2 Å². The summed E-state index contributed by atoms with van der Waals surface area (Å²) in [6.45, 7) is 6.41. The van der Waals surface area contributed by atoms with Gasteiger partial charge in [-0.3, -0.25) is 0 Å². The van der Waals surface area contributed by atoms with Crippen molar-refractivity contribution < 1.29 is 0 Å². The van der Waals surface area contributed by atoms with Gasteiger partial charge in [-0.25, -0.2) is 0 Å². The molecule has 4 rings (SSSR count). The maximum absolute atomic E-state index is 6.06. The number of aryl methyl sites for hydroxylation is 2. The number of hydrogen-bond acceptors (Lipinski definition) is 1. The van der Waals surface area contributed by atoms with E-state index in [0.29, 0.717) is 11.7 Å². The summed E-state index contributed by atoms with van der Waals surface area (Å²) >= 11 is 12.0. The molecule has 0 spiro atoms. The van der Waals surface area contributed by atoms with Crippen molar-refractivity contribution in [1.29, 1.82) is 0 Å². The molecule has 0 fully saturated rings. The summed E-state index contributed by atoms with van der Waals surface area (Å²) in [5.41, 5.74) is 7.06. The second-order valence-corrected chi connectivity index (χ2v) is 9.17. The van der Waals surface area contributed by atoms with Crippen LogP contribution in [0.3, 0.4) is 0 Å². The molecular weight excluding hydrogens is 446 g/mol. The number of rotatable bonds is 7. The van der Waals surface area contributed by atoms with E-state index in [1.807, 2.05) is 18.2 Å². The van der Waals surface area contributed by atoms with Crippen LogP contribution in [0.25, 0.3) is 0 Å². The Labute approximate surface area is 206 Å². The molecule has 0 amide bonds. The SMILES string of the molecule is Cc1ccc(C)c(NC(=S)N(Cc2ccccc2)Cc2cccn2Cc2ccc(Cl)cc2)c1. The van der Waals surface area contributed by atoms with Crippen LogP contribution in [0.5, 0.6) is 0 Å². The summed E-state index contributed by atoms with van der Waals surface area (Å²) in [4.78, 5) is 2.22. The van der Waals surface area contributed by atoms with Crippen molar-refractivity contribution in [2.75, 3.05) is 5.32 Å². The lowest BCUT2D eigenvalue weighted by molar-refractivity contribution is 0.399. The van der Waals surface area contributed by atoms with Crippen molar-refractivity contribution in [3.8, 4) is 0 Å². The molecule has 0 aliphatic rings. The highest BCUT2D eigenvalue weighted by molar-refractivity contribution is 7.80. The fraction of sp³-hybridized carbons (Fsp3) is 0.179. The van der Waals surface area contributed by atoms with Crippen LogP contribution in [0, 0.1) is 13.8 Å². The van der Waals surface area contributed by atoms with Crippen molar-refractivity contribution >= 4 is 34.6 Å². The van der Waals surface area contributed by atoms with E-state index in [9.17, 15) is 0 Å². The largest absolute Gasteiger partial charge is 0.345 e. The molecule has 0 aliphatic heterocycles. The van der Waals surface area contributed by atoms with Crippen LogP contribution in [0.1, 0.15) is 27.9 Å². The van der Waals surface area contributed by atoms with Gasteiger partial charge in [0.15, 0.2) is 5.11 Å². The van der Waals surface area contributed by atoms with Crippen LogP contribution in [0.4, 0.5) is 5.69 Å². The molecule has 3 aromatic carbocycles. The van der Waals surface area contributed by atoms with E-state index in [0.717, 1.165) is 23.8 Å². The molecular formula is C28H28ClN3S. The number of hydrogen-bond donors (Lipinski definition) is 1. The summed E-state index contributed by atoms with van der Waals surface area (Å²) in [6, 6.07) is 29.1. The predicted molar refractivity (Wildman–Crippen MR) is 143 cm³/mol. The van der Waals surface area contributed by atoms with Crippen molar-refractivity contribution in [2.45, 2.75) is 33.5 Å². The fourth-order valence-electron chi connectivity index (χ4n) is 3.80. The quantitative estimate of drug-likeness (QED) is 0.286. The lowest BCUT2D eigenvalue weighted by Gasteiger charge is -2.27. The normalized spacial score (nSPS) is 10.8. The average Bonchev–Trinajstić information content (AvgIpc) is 3.24. The Morgan fingerprint density at radius 2 is 1.64 bits per heavy atom. The maximum atomic E-state index is 6.06. The van der Waals surface area contributed by atoms with Gasteiger partial charge in [-0.1, -0.05) is 66.2 Å². The van der Waals surface area contributed by atoms with E-state index in [1.165, 1.54) is 27.9 Å². The Balaban J connectivity index is 1.56. The summed E-state index contributed by atoms with van der Waals surface area (Å²) < 4.78 is 2.27. The first kappa shape index (κ1) is 23.1. The number of benzene rings is 3. The molecule has 0 saturated heterocycles. The van der Waals surface area contributed by atoms with E-state index < -0.39 is 0 Å². The molecule has 3 nitrogen and oxygen atoms in total. The summed E-state index contributed by atoms with van der Waals surface area (Å²) in [5, 5.41) is 4.96. The van der Waals surface area contributed by atoms with Crippen molar-refractivity contribution in [2.24, 2.45) is 0 Å². The van der Waals surface area contributed by atoms with Gasteiger partial charge in [0.05, 0.1) is 6.54 Å². The number of anilines is 1. The lowest BCUT2D eigenvalue weighted by Crippen LogP contribution is -2.34. The highest BCUT2D eigenvalue weighted by Gasteiger charge is 2.15. The third-order valence-electron chi connectivity index (χ3n) is 5.68. The molecule has 1 aromatic heterocycles. The van der Waals surface area contributed by atoms with E-state index in [-0.39, 0.29) is 0 Å². The van der Waals surface area contributed by atoms with Crippen molar-refractivity contribution in [3.05, 3.63) is 124 Å². The van der Waals surface area contributed by atoms with E-state index in [1.54, 1.807) is 0 Å². The van der Waals surface area contributed by atoms with Crippen LogP contribution in [-0.2, 0) is 19.6 Å². The van der Waals surface area contributed by atoms with Gasteiger partial charge in [0.1, 0.15) is 0 Å². The molecule has 33 heavy (non-hydrogen) atoms. The molecule has 0 bridgehead atoms. The predicted octanol–water partition coefficient (Wildman–Crippen LogP) is 7.21. The first-order chi connectivity index (χ1) is 16.0. The zero-order valence-electron chi connectivity index (χ0n) is 19.0. The number of halogens is 1. The third kappa shape index (κ3) is 6.25. The average molecular weight is 474 g/mol. The molecule has 1 heterocycles. The molecule has 0 radical (unpaired) electrons. The van der Waals surface area contributed by atoms with E-state index >= 15 is 0 Å². The van der Waals surface area contributed by atoms with Gasteiger partial charge in [0.2, 0.25) is 0 Å². The van der Waals surface area contributed by atoms with Crippen LogP contribution in [-0.4, -0.2) is 14.6 Å². The highest BCUT2D eigenvalue weighted by atomic mass is 35.5. The highest BCUT2D eigenvalue weighted by Crippen LogP contribution is 2.20. The standard InChI is InChI=1S/C28H28ClN3S/c1-21-10-11-22(2)27(17-21)30-28(33)32(19-23-7-4-3-5-8-23)20-26-9-6-16-31(26)18-24-12-14-25(29)15-13-24/h3-17H,18-20H2,1-2H3,(H,30,33). The van der Waals surface area contributed by atoms with Gasteiger partial charge >= 0.3 is 0 Å². The van der Waals surface area contributed by atoms with Gasteiger partial charge in [-0.05, 0) is 78.7 Å². The Morgan fingerprint density at radius 3 is 2.39 bits per heavy atom. The second-order valence-electron chi connectivity index (χ2n) is 8.34. The van der Waals surface area contributed by atoms with E-state index in [4.69, 9.17) is 23.8 Å². The zero-order chi connectivity index (χ0) is 23.2. The van der Waals surface area contributed by atoms with Crippen LogP contribution in [0.15, 0.2) is 91.1 Å². The number of thiocarbonyl (C=S) groups is 1.